The lowest BCUT2D eigenvalue weighted by Crippen LogP contribution is -2.50. The van der Waals surface area contributed by atoms with E-state index in [0.717, 1.165) is 18.7 Å². The summed E-state index contributed by atoms with van der Waals surface area (Å²) in [7, 11) is 0. The Labute approximate surface area is 116 Å². The van der Waals surface area contributed by atoms with Crippen LogP contribution in [-0.4, -0.2) is 18.0 Å². The molecule has 1 aliphatic heterocycles. The van der Waals surface area contributed by atoms with Crippen LogP contribution in [0.15, 0.2) is 29.3 Å². The summed E-state index contributed by atoms with van der Waals surface area (Å²) in [5.74, 6) is 1.36. The summed E-state index contributed by atoms with van der Waals surface area (Å²) >= 11 is 0. The highest BCUT2D eigenvalue weighted by Gasteiger charge is 2.38. The van der Waals surface area contributed by atoms with Gasteiger partial charge in [-0.25, -0.2) is 0 Å². The highest BCUT2D eigenvalue weighted by molar-refractivity contribution is 5.98. The van der Waals surface area contributed by atoms with Crippen LogP contribution < -0.4 is 10.6 Å². The number of hydrogen-bond acceptors (Lipinski definition) is 3. The number of hydrogen-bond donors (Lipinski definition) is 1. The second-order valence-electron chi connectivity index (χ2n) is 6.28. The van der Waals surface area contributed by atoms with Crippen molar-refractivity contribution >= 4 is 11.6 Å². The van der Waals surface area contributed by atoms with Gasteiger partial charge < -0.3 is 10.6 Å². The Morgan fingerprint density at radius 3 is 2.79 bits per heavy atom. The summed E-state index contributed by atoms with van der Waals surface area (Å²) in [6.45, 7) is 9.69. The molecule has 0 fully saturated rings. The Kier molecular flexibility index (Phi) is 3.83. The third kappa shape index (κ3) is 2.91. The van der Waals surface area contributed by atoms with E-state index in [1.165, 1.54) is 12.0 Å². The monoisotopic (exact) mass is 259 g/mol. The molecule has 0 amide bonds. The Morgan fingerprint density at radius 2 is 2.16 bits per heavy atom. The SMILES string of the molecule is Cc1cccc(N2C(N)=NCC2(C)CCC(C)C)c1. The molecule has 0 radical (unpaired) electrons. The lowest BCUT2D eigenvalue weighted by atomic mass is 9.90. The second-order valence-corrected chi connectivity index (χ2v) is 6.28. The Balaban J connectivity index is 2.26. The molecular weight excluding hydrogens is 234 g/mol. The fourth-order valence-electron chi connectivity index (χ4n) is 2.67. The van der Waals surface area contributed by atoms with Crippen LogP contribution in [0.4, 0.5) is 5.69 Å². The Hall–Kier alpha value is -1.51. The molecule has 2 N–H and O–H groups in total. The van der Waals surface area contributed by atoms with Crippen LogP contribution in [0.1, 0.15) is 39.2 Å². The van der Waals surface area contributed by atoms with Crippen molar-refractivity contribution in [2.45, 2.75) is 46.1 Å². The minimum Gasteiger partial charge on any atom is -0.369 e. The van der Waals surface area contributed by atoms with Gasteiger partial charge in [0, 0.05) is 5.69 Å². The van der Waals surface area contributed by atoms with Gasteiger partial charge in [0.15, 0.2) is 5.96 Å². The third-order valence-electron chi connectivity index (χ3n) is 3.87. The molecule has 0 saturated heterocycles. The zero-order valence-electron chi connectivity index (χ0n) is 12.5. The van der Waals surface area contributed by atoms with Crippen molar-refractivity contribution in [2.24, 2.45) is 16.6 Å². The number of aryl methyl sites for hydroxylation is 1. The van der Waals surface area contributed by atoms with E-state index in [0.29, 0.717) is 11.9 Å². The molecule has 1 atom stereocenters. The van der Waals surface area contributed by atoms with E-state index in [2.05, 4.69) is 61.9 Å². The van der Waals surface area contributed by atoms with Crippen LogP contribution in [0.2, 0.25) is 0 Å². The molecule has 1 aliphatic rings. The maximum absolute atomic E-state index is 6.12. The van der Waals surface area contributed by atoms with Crippen molar-refractivity contribution in [3.05, 3.63) is 29.8 Å². The summed E-state index contributed by atoms with van der Waals surface area (Å²) in [5, 5.41) is 0. The average molecular weight is 259 g/mol. The van der Waals surface area contributed by atoms with Gasteiger partial charge in [0.05, 0.1) is 12.1 Å². The van der Waals surface area contributed by atoms with Gasteiger partial charge in [-0.15, -0.1) is 0 Å². The van der Waals surface area contributed by atoms with Crippen LogP contribution in [-0.2, 0) is 0 Å². The number of guanidine groups is 1. The van der Waals surface area contributed by atoms with Gasteiger partial charge >= 0.3 is 0 Å². The predicted molar refractivity (Wildman–Crippen MR) is 82.6 cm³/mol. The van der Waals surface area contributed by atoms with Crippen molar-refractivity contribution < 1.29 is 0 Å². The maximum atomic E-state index is 6.12. The molecule has 0 bridgehead atoms. The fraction of sp³-hybridized carbons (Fsp3) is 0.562. The molecule has 0 spiro atoms. The molecule has 2 rings (SSSR count). The van der Waals surface area contributed by atoms with Crippen molar-refractivity contribution in [2.75, 3.05) is 11.4 Å². The number of nitrogens with two attached hydrogens (primary N) is 1. The number of anilines is 1. The Bertz CT molecular complexity index is 479. The van der Waals surface area contributed by atoms with Crippen LogP contribution >= 0.6 is 0 Å². The summed E-state index contributed by atoms with van der Waals surface area (Å²) in [6, 6.07) is 8.49. The molecule has 0 aromatic heterocycles. The number of benzene rings is 1. The standard InChI is InChI=1S/C16H25N3/c1-12(2)8-9-16(4)11-18-15(17)19(16)14-7-5-6-13(3)10-14/h5-7,10,12H,8-9,11H2,1-4H3,(H2,17,18). The molecule has 1 heterocycles. The van der Waals surface area contributed by atoms with Crippen LogP contribution in [0, 0.1) is 12.8 Å². The van der Waals surface area contributed by atoms with E-state index < -0.39 is 0 Å². The second kappa shape index (κ2) is 5.24. The topological polar surface area (TPSA) is 41.6 Å². The molecule has 1 unspecified atom stereocenters. The highest BCUT2D eigenvalue weighted by Crippen LogP contribution is 2.33. The van der Waals surface area contributed by atoms with Crippen molar-refractivity contribution in [3.63, 3.8) is 0 Å². The molecule has 0 saturated carbocycles. The molecule has 0 aliphatic carbocycles. The molecule has 19 heavy (non-hydrogen) atoms. The molecule has 104 valence electrons. The fourth-order valence-corrected chi connectivity index (χ4v) is 2.67. The molecule has 3 nitrogen and oxygen atoms in total. The first-order valence-corrected chi connectivity index (χ1v) is 7.09. The first-order valence-electron chi connectivity index (χ1n) is 7.09. The van der Waals surface area contributed by atoms with Crippen LogP contribution in [0.3, 0.4) is 0 Å². The summed E-state index contributed by atoms with van der Waals surface area (Å²) < 4.78 is 0. The Morgan fingerprint density at radius 1 is 1.42 bits per heavy atom. The van der Waals surface area contributed by atoms with Gasteiger partial charge in [-0.1, -0.05) is 26.0 Å². The van der Waals surface area contributed by atoms with Crippen molar-refractivity contribution in [3.8, 4) is 0 Å². The van der Waals surface area contributed by atoms with Crippen molar-refractivity contribution in [1.29, 1.82) is 0 Å². The van der Waals surface area contributed by atoms with E-state index >= 15 is 0 Å². The third-order valence-corrected chi connectivity index (χ3v) is 3.87. The predicted octanol–water partition coefficient (Wildman–Crippen LogP) is 3.32. The summed E-state index contributed by atoms with van der Waals surface area (Å²) in [5.41, 5.74) is 8.55. The quantitative estimate of drug-likeness (QED) is 0.901. The zero-order chi connectivity index (χ0) is 14.0. The van der Waals surface area contributed by atoms with E-state index in [1.807, 2.05) is 0 Å². The first-order chi connectivity index (χ1) is 8.92. The van der Waals surface area contributed by atoms with Gasteiger partial charge in [-0.05, 0) is 50.3 Å². The summed E-state index contributed by atoms with van der Waals surface area (Å²) in [4.78, 5) is 6.69. The number of aliphatic imine (C=N–C) groups is 1. The molecule has 3 heteroatoms. The first kappa shape index (κ1) is 13.9. The maximum Gasteiger partial charge on any atom is 0.196 e. The van der Waals surface area contributed by atoms with Crippen molar-refractivity contribution in [1.82, 2.24) is 0 Å². The van der Waals surface area contributed by atoms with E-state index in [9.17, 15) is 0 Å². The van der Waals surface area contributed by atoms with Gasteiger partial charge in [0.1, 0.15) is 0 Å². The van der Waals surface area contributed by atoms with E-state index in [-0.39, 0.29) is 5.54 Å². The number of nitrogens with zero attached hydrogens (tertiary/aromatic N) is 2. The normalized spacial score (nSPS) is 23.0. The smallest absolute Gasteiger partial charge is 0.196 e. The van der Waals surface area contributed by atoms with E-state index in [4.69, 9.17) is 5.73 Å². The van der Waals surface area contributed by atoms with Gasteiger partial charge in [-0.3, -0.25) is 4.99 Å². The minimum atomic E-state index is 0.0160. The van der Waals surface area contributed by atoms with Crippen LogP contribution in [0.25, 0.3) is 0 Å². The highest BCUT2D eigenvalue weighted by atomic mass is 15.4. The lowest BCUT2D eigenvalue weighted by Gasteiger charge is -2.37. The van der Waals surface area contributed by atoms with Gasteiger partial charge in [0.2, 0.25) is 0 Å². The van der Waals surface area contributed by atoms with Crippen LogP contribution in [0.5, 0.6) is 0 Å². The molecule has 1 aromatic rings. The van der Waals surface area contributed by atoms with Gasteiger partial charge in [0.25, 0.3) is 0 Å². The zero-order valence-corrected chi connectivity index (χ0v) is 12.5. The molecule has 1 aromatic carbocycles. The van der Waals surface area contributed by atoms with Gasteiger partial charge in [-0.2, -0.15) is 0 Å². The molecular formula is C16H25N3. The van der Waals surface area contributed by atoms with E-state index in [1.54, 1.807) is 0 Å². The summed E-state index contributed by atoms with van der Waals surface area (Å²) in [6.07, 6.45) is 2.31. The average Bonchev–Trinajstić information content (AvgIpc) is 2.64. The minimum absolute atomic E-state index is 0.0160. The number of rotatable bonds is 4. The lowest BCUT2D eigenvalue weighted by molar-refractivity contribution is 0.407. The largest absolute Gasteiger partial charge is 0.369 e.